The molecule has 0 saturated carbocycles. The molecule has 0 amide bonds. The summed E-state index contributed by atoms with van der Waals surface area (Å²) >= 11 is 0. The number of pyridine rings is 2. The molecule has 0 spiro atoms. The molecule has 6 nitrogen and oxygen atoms in total. The maximum Gasteiger partial charge on any atom is 0.0739 e. The lowest BCUT2D eigenvalue weighted by Crippen LogP contribution is -2.30. The highest BCUT2D eigenvalue weighted by atomic mass is 16.5. The summed E-state index contributed by atoms with van der Waals surface area (Å²) in [5.41, 5.74) is 6.27. The molecule has 0 radical (unpaired) electrons. The van der Waals surface area contributed by atoms with Crippen LogP contribution in [0.5, 0.6) is 0 Å². The number of nitrogens with zero attached hydrogens (tertiary/aromatic N) is 5. The van der Waals surface area contributed by atoms with E-state index < -0.39 is 0 Å². The van der Waals surface area contributed by atoms with Crippen molar-refractivity contribution in [2.45, 2.75) is 46.2 Å². The second-order valence-corrected chi connectivity index (χ2v) is 6.96. The topological polar surface area (TPSA) is 56.1 Å². The first kappa shape index (κ1) is 17.8. The predicted molar refractivity (Wildman–Crippen MR) is 103 cm³/mol. The molecule has 3 aromatic rings. The SMILES string of the molecule is CCn1cc(CN2CCc3c(COCc4cccnc4)cncc3C2)cn1. The molecule has 0 atom stereocenters. The van der Waals surface area contributed by atoms with E-state index in [0.717, 1.165) is 38.2 Å². The smallest absolute Gasteiger partial charge is 0.0739 e. The highest BCUT2D eigenvalue weighted by Gasteiger charge is 2.19. The first-order valence-electron chi connectivity index (χ1n) is 9.47. The minimum Gasteiger partial charge on any atom is -0.372 e. The summed E-state index contributed by atoms with van der Waals surface area (Å²) in [5.74, 6) is 0. The van der Waals surface area contributed by atoms with Crippen molar-refractivity contribution in [1.29, 1.82) is 0 Å². The van der Waals surface area contributed by atoms with E-state index in [-0.39, 0.29) is 0 Å². The largest absolute Gasteiger partial charge is 0.372 e. The summed E-state index contributed by atoms with van der Waals surface area (Å²) in [4.78, 5) is 11.0. The highest BCUT2D eigenvalue weighted by molar-refractivity contribution is 5.33. The van der Waals surface area contributed by atoms with Gasteiger partial charge in [-0.15, -0.1) is 0 Å². The van der Waals surface area contributed by atoms with Crippen molar-refractivity contribution >= 4 is 0 Å². The molecule has 0 N–H and O–H groups in total. The summed E-state index contributed by atoms with van der Waals surface area (Å²) in [6, 6.07) is 3.97. The summed E-state index contributed by atoms with van der Waals surface area (Å²) in [6.45, 7) is 7.09. The third-order valence-electron chi connectivity index (χ3n) is 4.97. The van der Waals surface area contributed by atoms with E-state index in [4.69, 9.17) is 4.74 Å². The van der Waals surface area contributed by atoms with Crippen LogP contribution in [0.3, 0.4) is 0 Å². The van der Waals surface area contributed by atoms with Crippen molar-refractivity contribution in [2.24, 2.45) is 0 Å². The quantitative estimate of drug-likeness (QED) is 0.646. The Bertz CT molecular complexity index is 877. The molecule has 0 saturated heterocycles. The second kappa shape index (κ2) is 8.41. The van der Waals surface area contributed by atoms with Crippen molar-refractivity contribution < 1.29 is 4.74 Å². The van der Waals surface area contributed by atoms with Crippen LogP contribution in [0.25, 0.3) is 0 Å². The molecular weight excluding hydrogens is 338 g/mol. The molecule has 3 aromatic heterocycles. The highest BCUT2D eigenvalue weighted by Crippen LogP contribution is 2.23. The van der Waals surface area contributed by atoms with Crippen LogP contribution in [0.1, 0.15) is 34.7 Å². The average Bonchev–Trinajstić information content (AvgIpc) is 3.16. The number of fused-ring (bicyclic) bond motifs is 1. The Morgan fingerprint density at radius 3 is 2.85 bits per heavy atom. The third-order valence-corrected chi connectivity index (χ3v) is 4.97. The number of hydrogen-bond donors (Lipinski definition) is 0. The molecular formula is C21H25N5O. The molecule has 4 heterocycles. The lowest BCUT2D eigenvalue weighted by Gasteiger charge is -2.29. The van der Waals surface area contributed by atoms with E-state index in [1.165, 1.54) is 22.3 Å². The van der Waals surface area contributed by atoms with E-state index >= 15 is 0 Å². The Morgan fingerprint density at radius 1 is 1.07 bits per heavy atom. The van der Waals surface area contributed by atoms with E-state index in [2.05, 4.69) is 33.1 Å². The number of aromatic nitrogens is 4. The van der Waals surface area contributed by atoms with Crippen LogP contribution in [0, 0.1) is 0 Å². The van der Waals surface area contributed by atoms with Gasteiger partial charge in [0.05, 0.1) is 19.4 Å². The van der Waals surface area contributed by atoms with Crippen LogP contribution in [0.4, 0.5) is 0 Å². The van der Waals surface area contributed by atoms with Crippen LogP contribution in [0.15, 0.2) is 49.3 Å². The standard InChI is InChI=1S/C21H25N5O/c1-2-26-13-18(9-24-26)12-25-7-5-21-19(14-25)10-23-11-20(21)16-27-15-17-4-3-6-22-8-17/h3-4,6,8-11,13H,2,5,7,12,14-16H2,1H3. The molecule has 0 unspecified atom stereocenters. The molecule has 4 rings (SSSR count). The third kappa shape index (κ3) is 4.40. The molecule has 0 aromatic carbocycles. The molecule has 140 valence electrons. The van der Waals surface area contributed by atoms with Gasteiger partial charge in [0, 0.05) is 62.7 Å². The number of rotatable bonds is 7. The molecule has 0 fully saturated rings. The normalized spacial score (nSPS) is 14.3. The van der Waals surface area contributed by atoms with Gasteiger partial charge in [-0.3, -0.25) is 19.5 Å². The summed E-state index contributed by atoms with van der Waals surface area (Å²) < 4.78 is 7.88. The van der Waals surface area contributed by atoms with Gasteiger partial charge in [0.1, 0.15) is 0 Å². The molecule has 27 heavy (non-hydrogen) atoms. The van der Waals surface area contributed by atoms with Crippen LogP contribution in [0.2, 0.25) is 0 Å². The van der Waals surface area contributed by atoms with Crippen LogP contribution in [-0.2, 0) is 44.0 Å². The lowest BCUT2D eigenvalue weighted by molar-refractivity contribution is 0.105. The van der Waals surface area contributed by atoms with Gasteiger partial charge in [0.2, 0.25) is 0 Å². The fraction of sp³-hybridized carbons (Fsp3) is 0.381. The first-order valence-corrected chi connectivity index (χ1v) is 9.47. The van der Waals surface area contributed by atoms with Crippen LogP contribution < -0.4 is 0 Å². The van der Waals surface area contributed by atoms with Gasteiger partial charge in [-0.25, -0.2) is 0 Å². The fourth-order valence-corrected chi connectivity index (χ4v) is 3.57. The Labute approximate surface area is 159 Å². The number of hydrogen-bond acceptors (Lipinski definition) is 5. The van der Waals surface area contributed by atoms with E-state index in [0.29, 0.717) is 13.2 Å². The van der Waals surface area contributed by atoms with Crippen LogP contribution >= 0.6 is 0 Å². The lowest BCUT2D eigenvalue weighted by atomic mass is 9.97. The Morgan fingerprint density at radius 2 is 2.04 bits per heavy atom. The van der Waals surface area contributed by atoms with Gasteiger partial charge < -0.3 is 4.74 Å². The maximum absolute atomic E-state index is 5.90. The maximum atomic E-state index is 5.90. The zero-order valence-corrected chi connectivity index (χ0v) is 15.7. The Hall–Kier alpha value is -2.57. The molecule has 0 aliphatic carbocycles. The van der Waals surface area contributed by atoms with Gasteiger partial charge in [0.15, 0.2) is 0 Å². The van der Waals surface area contributed by atoms with Gasteiger partial charge in [-0.05, 0) is 41.7 Å². The van der Waals surface area contributed by atoms with Crippen molar-refractivity contribution in [3.63, 3.8) is 0 Å². The number of aryl methyl sites for hydroxylation is 1. The van der Waals surface area contributed by atoms with Gasteiger partial charge in [0.25, 0.3) is 0 Å². The summed E-state index contributed by atoms with van der Waals surface area (Å²) in [5, 5.41) is 4.37. The summed E-state index contributed by atoms with van der Waals surface area (Å²) in [6.07, 6.45) is 12.7. The van der Waals surface area contributed by atoms with Crippen LogP contribution in [-0.4, -0.2) is 31.2 Å². The van der Waals surface area contributed by atoms with Crippen molar-refractivity contribution in [3.05, 3.63) is 77.1 Å². The predicted octanol–water partition coefficient (Wildman–Crippen LogP) is 2.97. The van der Waals surface area contributed by atoms with E-state index in [9.17, 15) is 0 Å². The average molecular weight is 363 g/mol. The fourth-order valence-electron chi connectivity index (χ4n) is 3.57. The van der Waals surface area contributed by atoms with Crippen molar-refractivity contribution in [1.82, 2.24) is 24.6 Å². The summed E-state index contributed by atoms with van der Waals surface area (Å²) in [7, 11) is 0. The van der Waals surface area contributed by atoms with Crippen molar-refractivity contribution in [3.8, 4) is 0 Å². The Balaban J connectivity index is 1.37. The molecule has 1 aliphatic heterocycles. The first-order chi connectivity index (χ1) is 13.3. The number of ether oxygens (including phenoxy) is 1. The minimum atomic E-state index is 0.574. The molecule has 6 heteroatoms. The Kier molecular flexibility index (Phi) is 5.55. The monoisotopic (exact) mass is 363 g/mol. The zero-order valence-electron chi connectivity index (χ0n) is 15.7. The second-order valence-electron chi connectivity index (χ2n) is 6.96. The van der Waals surface area contributed by atoms with Gasteiger partial charge in [-0.2, -0.15) is 5.10 Å². The molecule has 1 aliphatic rings. The molecule has 0 bridgehead atoms. The van der Waals surface area contributed by atoms with Gasteiger partial charge in [-0.1, -0.05) is 6.07 Å². The van der Waals surface area contributed by atoms with Gasteiger partial charge >= 0.3 is 0 Å². The van der Waals surface area contributed by atoms with E-state index in [1.54, 1.807) is 6.20 Å². The van der Waals surface area contributed by atoms with E-state index in [1.807, 2.05) is 41.6 Å². The van der Waals surface area contributed by atoms with Crippen molar-refractivity contribution in [2.75, 3.05) is 6.54 Å². The minimum absolute atomic E-state index is 0.574. The zero-order chi connectivity index (χ0) is 18.5.